The molecule has 1 aromatic carbocycles. The number of rotatable bonds is 5. The quantitative estimate of drug-likeness (QED) is 0.576. The first-order valence-electron chi connectivity index (χ1n) is 10.9. The fourth-order valence-electron chi connectivity index (χ4n) is 4.26. The zero-order valence-electron chi connectivity index (χ0n) is 18.9. The van der Waals surface area contributed by atoms with Gasteiger partial charge in [-0.1, -0.05) is 6.07 Å². The normalized spacial score (nSPS) is 14.8. The predicted molar refractivity (Wildman–Crippen MR) is 121 cm³/mol. The molecule has 0 atom stereocenters. The number of hydrogen-bond donors (Lipinski definition) is 0. The van der Waals surface area contributed by atoms with E-state index in [1.165, 1.54) is 11.1 Å². The van der Waals surface area contributed by atoms with Gasteiger partial charge >= 0.3 is 5.97 Å². The van der Waals surface area contributed by atoms with Gasteiger partial charge in [-0.3, -0.25) is 4.68 Å². The van der Waals surface area contributed by atoms with Gasteiger partial charge in [-0.15, -0.1) is 0 Å². The molecule has 7 heteroatoms. The number of nitrogens with zero attached hydrogens (tertiary/aromatic N) is 4. The number of esters is 1. The van der Waals surface area contributed by atoms with Crippen LogP contribution in [0.15, 0.2) is 24.4 Å². The Hall–Kier alpha value is -3.09. The summed E-state index contributed by atoms with van der Waals surface area (Å²) in [4.78, 5) is 19.4. The molecule has 0 spiro atoms. The van der Waals surface area contributed by atoms with Crippen molar-refractivity contribution in [2.45, 2.75) is 46.6 Å². The average molecular weight is 423 g/mol. The minimum atomic E-state index is -0.344. The highest BCUT2D eigenvalue weighted by Gasteiger charge is 2.28. The van der Waals surface area contributed by atoms with Gasteiger partial charge in [0, 0.05) is 39.2 Å². The molecule has 164 valence electrons. The van der Waals surface area contributed by atoms with Crippen molar-refractivity contribution in [3.63, 3.8) is 0 Å². The molecule has 1 saturated heterocycles. The van der Waals surface area contributed by atoms with Crippen LogP contribution in [0, 0.1) is 20.8 Å². The number of hydrogen-bond acceptors (Lipinski definition) is 6. The zero-order chi connectivity index (χ0) is 22.1. The van der Waals surface area contributed by atoms with Crippen molar-refractivity contribution < 1.29 is 14.3 Å². The van der Waals surface area contributed by atoms with Crippen molar-refractivity contribution >= 4 is 22.7 Å². The van der Waals surface area contributed by atoms with E-state index < -0.39 is 0 Å². The number of aromatic nitrogens is 3. The van der Waals surface area contributed by atoms with Crippen LogP contribution >= 0.6 is 0 Å². The van der Waals surface area contributed by atoms with Crippen LogP contribution in [0.3, 0.4) is 0 Å². The first kappa shape index (κ1) is 21.2. The molecule has 2 aromatic heterocycles. The van der Waals surface area contributed by atoms with Crippen LogP contribution in [-0.2, 0) is 11.8 Å². The Kier molecular flexibility index (Phi) is 5.85. The SMILES string of the molecule is CCOC(=O)c1cnc2c(c(C)nn2C)c1N1CCC(Oc2ccc(C)c(C)c2)CC1. The maximum absolute atomic E-state index is 12.7. The van der Waals surface area contributed by atoms with Gasteiger partial charge in [0.05, 0.1) is 23.4 Å². The lowest BCUT2D eigenvalue weighted by Crippen LogP contribution is -2.39. The maximum Gasteiger partial charge on any atom is 0.341 e. The van der Waals surface area contributed by atoms with Gasteiger partial charge in [-0.05, 0) is 51.0 Å². The maximum atomic E-state index is 12.7. The molecular weight excluding hydrogens is 392 g/mol. The van der Waals surface area contributed by atoms with Gasteiger partial charge < -0.3 is 14.4 Å². The summed E-state index contributed by atoms with van der Waals surface area (Å²) in [6, 6.07) is 6.25. The second-order valence-corrected chi connectivity index (χ2v) is 8.20. The van der Waals surface area contributed by atoms with Crippen molar-refractivity contribution in [2.24, 2.45) is 7.05 Å². The van der Waals surface area contributed by atoms with Crippen LogP contribution in [0.25, 0.3) is 11.0 Å². The third-order valence-corrected chi connectivity index (χ3v) is 6.03. The van der Waals surface area contributed by atoms with E-state index >= 15 is 0 Å². The number of ether oxygens (including phenoxy) is 2. The number of piperidine rings is 1. The van der Waals surface area contributed by atoms with E-state index in [-0.39, 0.29) is 12.1 Å². The molecule has 3 aromatic rings. The molecule has 0 saturated carbocycles. The van der Waals surface area contributed by atoms with E-state index in [9.17, 15) is 4.79 Å². The summed E-state index contributed by atoms with van der Waals surface area (Å²) in [6.45, 7) is 9.88. The molecule has 1 fully saturated rings. The van der Waals surface area contributed by atoms with Crippen LogP contribution in [-0.4, -0.2) is 46.5 Å². The topological polar surface area (TPSA) is 69.5 Å². The monoisotopic (exact) mass is 422 g/mol. The summed E-state index contributed by atoms with van der Waals surface area (Å²) in [5, 5.41) is 5.45. The number of pyridine rings is 1. The van der Waals surface area contributed by atoms with Crippen molar-refractivity contribution in [2.75, 3.05) is 24.6 Å². The lowest BCUT2D eigenvalue weighted by atomic mass is 10.0. The number of carbonyl (C=O) groups is 1. The predicted octanol–water partition coefficient (Wildman–Crippen LogP) is 4.12. The fraction of sp³-hybridized carbons (Fsp3) is 0.458. The van der Waals surface area contributed by atoms with E-state index in [1.807, 2.05) is 27.0 Å². The molecular formula is C24H30N4O3. The minimum absolute atomic E-state index is 0.150. The largest absolute Gasteiger partial charge is 0.490 e. The number of aryl methyl sites for hydroxylation is 4. The third-order valence-electron chi connectivity index (χ3n) is 6.03. The number of benzene rings is 1. The second kappa shape index (κ2) is 8.57. The Balaban J connectivity index is 1.59. The molecule has 0 unspecified atom stereocenters. The molecule has 0 bridgehead atoms. The fourth-order valence-corrected chi connectivity index (χ4v) is 4.26. The Morgan fingerprint density at radius 3 is 2.58 bits per heavy atom. The van der Waals surface area contributed by atoms with Crippen LogP contribution in [0.5, 0.6) is 5.75 Å². The van der Waals surface area contributed by atoms with Crippen LogP contribution in [0.2, 0.25) is 0 Å². The Bertz CT molecular complexity index is 1110. The van der Waals surface area contributed by atoms with Crippen molar-refractivity contribution in [3.05, 3.63) is 46.8 Å². The number of fused-ring (bicyclic) bond motifs is 1. The smallest absolute Gasteiger partial charge is 0.341 e. The molecule has 0 aliphatic carbocycles. The van der Waals surface area contributed by atoms with Crippen LogP contribution in [0.1, 0.15) is 46.9 Å². The van der Waals surface area contributed by atoms with E-state index in [4.69, 9.17) is 9.47 Å². The Labute approximate surface area is 183 Å². The van der Waals surface area contributed by atoms with Crippen LogP contribution in [0.4, 0.5) is 5.69 Å². The molecule has 0 amide bonds. The first-order valence-corrected chi connectivity index (χ1v) is 10.9. The Morgan fingerprint density at radius 2 is 1.90 bits per heavy atom. The summed E-state index contributed by atoms with van der Waals surface area (Å²) in [7, 11) is 1.87. The number of anilines is 1. The van der Waals surface area contributed by atoms with Crippen molar-refractivity contribution in [1.82, 2.24) is 14.8 Å². The molecule has 0 N–H and O–H groups in total. The van der Waals surface area contributed by atoms with Crippen LogP contribution < -0.4 is 9.64 Å². The lowest BCUT2D eigenvalue weighted by Gasteiger charge is -2.35. The van der Waals surface area contributed by atoms with Crippen molar-refractivity contribution in [3.8, 4) is 5.75 Å². The zero-order valence-corrected chi connectivity index (χ0v) is 18.9. The lowest BCUT2D eigenvalue weighted by molar-refractivity contribution is 0.0526. The molecule has 31 heavy (non-hydrogen) atoms. The second-order valence-electron chi connectivity index (χ2n) is 8.20. The highest BCUT2D eigenvalue weighted by molar-refractivity contribution is 6.05. The van der Waals surface area contributed by atoms with Gasteiger partial charge in [0.25, 0.3) is 0 Å². The summed E-state index contributed by atoms with van der Waals surface area (Å²) in [6.07, 6.45) is 3.52. The summed E-state index contributed by atoms with van der Waals surface area (Å²) in [5.41, 5.74) is 5.51. The van der Waals surface area contributed by atoms with E-state index in [2.05, 4.69) is 41.0 Å². The van der Waals surface area contributed by atoms with Crippen molar-refractivity contribution in [1.29, 1.82) is 0 Å². The standard InChI is InChI=1S/C24H30N4O3/c1-6-30-24(29)20-14-25-23-21(17(4)26-27(23)5)22(20)28-11-9-18(10-12-28)31-19-8-7-15(2)16(3)13-19/h7-8,13-14,18H,6,9-12H2,1-5H3. The minimum Gasteiger partial charge on any atom is -0.490 e. The molecule has 3 heterocycles. The highest BCUT2D eigenvalue weighted by Crippen LogP contribution is 2.34. The van der Waals surface area contributed by atoms with Gasteiger partial charge in [-0.25, -0.2) is 9.78 Å². The van der Waals surface area contributed by atoms with Gasteiger partial charge in [-0.2, -0.15) is 5.10 Å². The average Bonchev–Trinajstić information content (AvgIpc) is 3.04. The third kappa shape index (κ3) is 4.09. The summed E-state index contributed by atoms with van der Waals surface area (Å²) in [5.74, 6) is 0.576. The summed E-state index contributed by atoms with van der Waals surface area (Å²) < 4.78 is 13.3. The van der Waals surface area contributed by atoms with Gasteiger partial charge in [0.1, 0.15) is 17.4 Å². The van der Waals surface area contributed by atoms with E-state index in [0.29, 0.717) is 12.2 Å². The van der Waals surface area contributed by atoms with Gasteiger partial charge in [0.2, 0.25) is 0 Å². The molecule has 0 radical (unpaired) electrons. The van der Waals surface area contributed by atoms with Gasteiger partial charge in [0.15, 0.2) is 5.65 Å². The van der Waals surface area contributed by atoms with E-state index in [1.54, 1.807) is 10.9 Å². The molecule has 7 nitrogen and oxygen atoms in total. The molecule has 1 aliphatic rings. The first-order chi connectivity index (χ1) is 14.9. The molecule has 4 rings (SSSR count). The Morgan fingerprint density at radius 1 is 1.16 bits per heavy atom. The number of carbonyl (C=O) groups excluding carboxylic acids is 1. The summed E-state index contributed by atoms with van der Waals surface area (Å²) >= 11 is 0. The molecule has 1 aliphatic heterocycles. The van der Waals surface area contributed by atoms with E-state index in [0.717, 1.165) is 54.1 Å². The highest BCUT2D eigenvalue weighted by atomic mass is 16.5.